The summed E-state index contributed by atoms with van der Waals surface area (Å²) in [4.78, 5) is 24.5. The average molecular weight is 398 g/mol. The number of benzene rings is 1. The Bertz CT molecular complexity index is 1030. The summed E-state index contributed by atoms with van der Waals surface area (Å²) in [5, 5.41) is 3.99. The van der Waals surface area contributed by atoms with Gasteiger partial charge in [0.05, 0.1) is 7.11 Å². The maximum atomic E-state index is 12.6. The van der Waals surface area contributed by atoms with Crippen molar-refractivity contribution in [1.29, 1.82) is 0 Å². The van der Waals surface area contributed by atoms with Crippen LogP contribution in [-0.2, 0) is 9.53 Å². The van der Waals surface area contributed by atoms with Crippen LogP contribution < -0.4 is 9.47 Å². The number of hydrogen-bond acceptors (Lipinski definition) is 7. The third-order valence-corrected chi connectivity index (χ3v) is 4.36. The molecule has 8 heteroatoms. The molecule has 0 spiro atoms. The van der Waals surface area contributed by atoms with Gasteiger partial charge in [-0.25, -0.2) is 4.79 Å². The molecule has 3 aromatic rings. The van der Waals surface area contributed by atoms with Crippen molar-refractivity contribution in [2.45, 2.75) is 20.8 Å². The summed E-state index contributed by atoms with van der Waals surface area (Å²) in [5.74, 6) is 1.24. The first-order valence-corrected chi connectivity index (χ1v) is 8.98. The fourth-order valence-electron chi connectivity index (χ4n) is 3.00. The van der Waals surface area contributed by atoms with E-state index in [1.165, 1.54) is 7.11 Å². The van der Waals surface area contributed by atoms with Gasteiger partial charge in [-0.05, 0) is 39.0 Å². The summed E-state index contributed by atoms with van der Waals surface area (Å²) in [6.07, 6.45) is 0. The summed E-state index contributed by atoms with van der Waals surface area (Å²) in [7, 11) is 1.51. The molecule has 2 aromatic heterocycles. The van der Waals surface area contributed by atoms with Crippen LogP contribution in [0.15, 0.2) is 40.9 Å². The van der Waals surface area contributed by atoms with Crippen molar-refractivity contribution in [2.75, 3.05) is 20.3 Å². The van der Waals surface area contributed by atoms with Gasteiger partial charge in [0, 0.05) is 23.0 Å². The summed E-state index contributed by atoms with van der Waals surface area (Å²) < 4.78 is 22.5. The smallest absolute Gasteiger partial charge is 0.344 e. The number of para-hydroxylation sites is 2. The van der Waals surface area contributed by atoms with Crippen LogP contribution in [0, 0.1) is 20.8 Å². The minimum Gasteiger partial charge on any atom is -0.493 e. The quantitative estimate of drug-likeness (QED) is 0.425. The molecule has 0 aliphatic rings. The van der Waals surface area contributed by atoms with Crippen molar-refractivity contribution in [3.63, 3.8) is 0 Å². The second kappa shape index (κ2) is 8.64. The van der Waals surface area contributed by atoms with E-state index in [0.29, 0.717) is 34.3 Å². The number of ether oxygens (including phenoxy) is 3. The minimum absolute atomic E-state index is 0.310. The number of rotatable bonds is 8. The van der Waals surface area contributed by atoms with E-state index in [0.717, 1.165) is 5.69 Å². The summed E-state index contributed by atoms with van der Waals surface area (Å²) in [5.41, 5.74) is 1.98. The third kappa shape index (κ3) is 4.48. The lowest BCUT2D eigenvalue weighted by molar-refractivity contribution is -0.144. The second-order valence-corrected chi connectivity index (χ2v) is 6.44. The predicted molar refractivity (Wildman–Crippen MR) is 104 cm³/mol. The first kappa shape index (κ1) is 20.2. The van der Waals surface area contributed by atoms with Crippen LogP contribution >= 0.6 is 0 Å². The highest BCUT2D eigenvalue weighted by Crippen LogP contribution is 2.25. The number of aromatic nitrogens is 2. The van der Waals surface area contributed by atoms with Gasteiger partial charge in [0.1, 0.15) is 5.76 Å². The van der Waals surface area contributed by atoms with E-state index in [4.69, 9.17) is 18.7 Å². The van der Waals surface area contributed by atoms with Crippen molar-refractivity contribution >= 4 is 11.8 Å². The largest absolute Gasteiger partial charge is 0.493 e. The van der Waals surface area contributed by atoms with E-state index in [1.807, 2.05) is 11.5 Å². The van der Waals surface area contributed by atoms with Gasteiger partial charge in [0.25, 0.3) is 0 Å². The molecule has 0 amide bonds. The average Bonchev–Trinajstić information content (AvgIpc) is 3.26. The van der Waals surface area contributed by atoms with E-state index in [2.05, 4.69) is 5.16 Å². The van der Waals surface area contributed by atoms with Gasteiger partial charge in [-0.15, -0.1) is 0 Å². The zero-order valence-electron chi connectivity index (χ0n) is 16.7. The molecule has 2 heterocycles. The number of methoxy groups -OCH3 is 1. The number of nitrogens with zero attached hydrogens (tertiary/aromatic N) is 2. The van der Waals surface area contributed by atoms with E-state index < -0.39 is 5.97 Å². The number of carbonyl (C=O) groups is 2. The lowest BCUT2D eigenvalue weighted by Gasteiger charge is -2.10. The lowest BCUT2D eigenvalue weighted by Crippen LogP contribution is -2.20. The molecular formula is C21H22N2O6. The van der Waals surface area contributed by atoms with Crippen molar-refractivity contribution in [3.8, 4) is 17.3 Å². The van der Waals surface area contributed by atoms with E-state index in [9.17, 15) is 9.59 Å². The summed E-state index contributed by atoms with van der Waals surface area (Å²) >= 11 is 0. The van der Waals surface area contributed by atoms with E-state index >= 15 is 0 Å². The molecule has 0 atom stereocenters. The van der Waals surface area contributed by atoms with Crippen LogP contribution in [0.2, 0.25) is 0 Å². The fourth-order valence-corrected chi connectivity index (χ4v) is 3.00. The van der Waals surface area contributed by atoms with Gasteiger partial charge in [-0.3, -0.25) is 9.36 Å². The molecule has 0 radical (unpaired) electrons. The van der Waals surface area contributed by atoms with Crippen LogP contribution in [0.5, 0.6) is 11.5 Å². The maximum absolute atomic E-state index is 12.6. The fraction of sp³-hybridized carbons (Fsp3) is 0.286. The lowest BCUT2D eigenvalue weighted by atomic mass is 10.1. The van der Waals surface area contributed by atoms with E-state index in [1.54, 1.807) is 50.2 Å². The van der Waals surface area contributed by atoms with Crippen LogP contribution in [0.3, 0.4) is 0 Å². The normalized spacial score (nSPS) is 10.6. The molecule has 0 saturated heterocycles. The highest BCUT2D eigenvalue weighted by atomic mass is 16.6. The zero-order valence-corrected chi connectivity index (χ0v) is 16.7. The highest BCUT2D eigenvalue weighted by Gasteiger charge is 2.20. The van der Waals surface area contributed by atoms with Crippen molar-refractivity contribution in [2.24, 2.45) is 0 Å². The summed E-state index contributed by atoms with van der Waals surface area (Å²) in [6.45, 7) is 4.75. The number of carbonyl (C=O) groups excluding carboxylic acids is 2. The molecule has 1 aromatic carbocycles. The van der Waals surface area contributed by atoms with Crippen molar-refractivity contribution in [1.82, 2.24) is 9.72 Å². The predicted octanol–water partition coefficient (Wildman–Crippen LogP) is 3.20. The highest BCUT2D eigenvalue weighted by molar-refractivity contribution is 5.99. The first-order valence-electron chi connectivity index (χ1n) is 8.98. The Labute approximate surface area is 168 Å². The number of esters is 1. The molecule has 0 unspecified atom stereocenters. The standard InChI is InChI=1S/C21H22N2O6/c1-13-9-16(15(3)23(13)20-10-14(2)29-22-20)17(24)11-28-21(25)12-27-19-8-6-5-7-18(19)26-4/h5-10H,11-12H2,1-4H3. The zero-order chi connectivity index (χ0) is 21.0. The van der Waals surface area contributed by atoms with Gasteiger partial charge < -0.3 is 18.7 Å². The Balaban J connectivity index is 1.60. The molecule has 0 fully saturated rings. The number of hydrogen-bond donors (Lipinski definition) is 0. The van der Waals surface area contributed by atoms with Gasteiger partial charge in [0.15, 0.2) is 30.5 Å². The molecule has 3 rings (SSSR count). The first-order chi connectivity index (χ1) is 13.9. The van der Waals surface area contributed by atoms with Crippen LogP contribution in [0.1, 0.15) is 27.5 Å². The Morgan fingerprint density at radius 1 is 1.07 bits per heavy atom. The van der Waals surface area contributed by atoms with Crippen LogP contribution in [0.4, 0.5) is 0 Å². The Hall–Kier alpha value is -3.55. The minimum atomic E-state index is -0.648. The molecule has 0 N–H and O–H groups in total. The van der Waals surface area contributed by atoms with Gasteiger partial charge in [-0.1, -0.05) is 17.3 Å². The molecule has 0 aliphatic heterocycles. The molecule has 0 aliphatic carbocycles. The van der Waals surface area contributed by atoms with Gasteiger partial charge >= 0.3 is 5.97 Å². The Morgan fingerprint density at radius 3 is 2.45 bits per heavy atom. The molecular weight excluding hydrogens is 376 g/mol. The summed E-state index contributed by atoms with van der Waals surface area (Å²) in [6, 6.07) is 10.5. The van der Waals surface area contributed by atoms with Gasteiger partial charge in [0.2, 0.25) is 5.78 Å². The third-order valence-electron chi connectivity index (χ3n) is 4.36. The Morgan fingerprint density at radius 2 is 1.79 bits per heavy atom. The monoisotopic (exact) mass is 398 g/mol. The van der Waals surface area contributed by atoms with Crippen molar-refractivity contribution in [3.05, 3.63) is 59.1 Å². The molecule has 8 nitrogen and oxygen atoms in total. The second-order valence-electron chi connectivity index (χ2n) is 6.44. The van der Waals surface area contributed by atoms with Crippen LogP contribution in [0.25, 0.3) is 5.82 Å². The molecule has 0 bridgehead atoms. The van der Waals surface area contributed by atoms with Gasteiger partial charge in [-0.2, -0.15) is 0 Å². The number of Topliss-reactive ketones (excluding diaryl/α,β-unsaturated/α-hetero) is 1. The SMILES string of the molecule is COc1ccccc1OCC(=O)OCC(=O)c1cc(C)n(-c2cc(C)on2)c1C. The maximum Gasteiger partial charge on any atom is 0.344 e. The molecule has 29 heavy (non-hydrogen) atoms. The van der Waals surface area contributed by atoms with Crippen molar-refractivity contribution < 1.29 is 28.3 Å². The molecule has 152 valence electrons. The molecule has 0 saturated carbocycles. The van der Waals surface area contributed by atoms with E-state index in [-0.39, 0.29) is 19.0 Å². The van der Waals surface area contributed by atoms with Crippen LogP contribution in [-0.4, -0.2) is 41.8 Å². The Kier molecular flexibility index (Phi) is 6.01. The topological polar surface area (TPSA) is 92.8 Å². The number of ketones is 1. The number of aryl methyl sites for hydroxylation is 2.